The third-order valence-corrected chi connectivity index (χ3v) is 6.32. The van der Waals surface area contributed by atoms with E-state index in [1.807, 2.05) is 35.4 Å². The molecule has 0 radical (unpaired) electrons. The summed E-state index contributed by atoms with van der Waals surface area (Å²) in [5, 5.41) is 3.11. The molecule has 1 aromatic carbocycles. The molecule has 1 saturated carbocycles. The Morgan fingerprint density at radius 3 is 2.67 bits per heavy atom. The third kappa shape index (κ3) is 3.09. The van der Waals surface area contributed by atoms with E-state index in [1.54, 1.807) is 0 Å². The zero-order valence-corrected chi connectivity index (χ0v) is 16.0. The van der Waals surface area contributed by atoms with Crippen LogP contribution in [0.3, 0.4) is 0 Å². The lowest BCUT2D eigenvalue weighted by Crippen LogP contribution is -2.63. The summed E-state index contributed by atoms with van der Waals surface area (Å²) in [4.78, 5) is 24.1. The normalized spacial score (nSPS) is 26.4. The van der Waals surface area contributed by atoms with Crippen LogP contribution in [0.4, 0.5) is 10.5 Å². The lowest BCUT2D eigenvalue weighted by molar-refractivity contribution is -0.00600. The number of nitrogens with one attached hydrogen (secondary N) is 1. The van der Waals surface area contributed by atoms with Gasteiger partial charge in [0.15, 0.2) is 5.82 Å². The molecule has 0 spiro atoms. The Balaban J connectivity index is 1.36. The van der Waals surface area contributed by atoms with Crippen molar-refractivity contribution >= 4 is 11.7 Å². The van der Waals surface area contributed by atoms with Crippen molar-refractivity contribution in [3.63, 3.8) is 0 Å². The molecule has 1 N–H and O–H groups in total. The van der Waals surface area contributed by atoms with E-state index in [0.717, 1.165) is 47.1 Å². The average Bonchev–Trinajstić information content (AvgIpc) is 3.48. The number of aryl methyl sites for hydroxylation is 1. The fourth-order valence-electron chi connectivity index (χ4n) is 4.72. The van der Waals surface area contributed by atoms with Crippen molar-refractivity contribution in [3.05, 3.63) is 41.7 Å². The van der Waals surface area contributed by atoms with Gasteiger partial charge in [0, 0.05) is 41.1 Å². The lowest BCUT2D eigenvalue weighted by Gasteiger charge is -2.54. The first kappa shape index (κ1) is 16.7. The molecule has 1 aromatic heterocycles. The molecule has 2 aromatic rings. The summed E-state index contributed by atoms with van der Waals surface area (Å²) in [6.45, 7) is 4.35. The number of piperidine rings is 1. The zero-order valence-electron chi connectivity index (χ0n) is 16.0. The molecule has 1 aliphatic carbocycles. The second-order valence-electron chi connectivity index (χ2n) is 8.57. The quantitative estimate of drug-likeness (QED) is 0.858. The van der Waals surface area contributed by atoms with Gasteiger partial charge >= 0.3 is 6.03 Å². The van der Waals surface area contributed by atoms with E-state index < -0.39 is 0 Å². The van der Waals surface area contributed by atoms with Gasteiger partial charge in [-0.15, -0.1) is 0 Å². The molecular weight excluding hydrogens is 336 g/mol. The van der Waals surface area contributed by atoms with Gasteiger partial charge in [0.2, 0.25) is 0 Å². The Morgan fingerprint density at radius 2 is 1.93 bits per heavy atom. The lowest BCUT2D eigenvalue weighted by atomic mass is 9.74. The smallest absolute Gasteiger partial charge is 0.318 e. The van der Waals surface area contributed by atoms with Gasteiger partial charge in [-0.2, -0.15) is 0 Å². The summed E-state index contributed by atoms with van der Waals surface area (Å²) < 4.78 is 0. The molecule has 140 valence electrons. The average molecular weight is 362 g/mol. The Kier molecular flexibility index (Phi) is 3.92. The van der Waals surface area contributed by atoms with Gasteiger partial charge in [0.05, 0.1) is 0 Å². The minimum absolute atomic E-state index is 0.0330. The van der Waals surface area contributed by atoms with Crippen molar-refractivity contribution in [1.82, 2.24) is 14.9 Å². The van der Waals surface area contributed by atoms with E-state index in [1.165, 1.54) is 19.3 Å². The fourth-order valence-corrected chi connectivity index (χ4v) is 4.72. The third-order valence-electron chi connectivity index (χ3n) is 6.32. The van der Waals surface area contributed by atoms with Crippen molar-refractivity contribution in [1.29, 1.82) is 0 Å². The first-order chi connectivity index (χ1) is 13.1. The number of carbonyl (C=O) groups excluding carboxylic acids is 1. The molecule has 5 heteroatoms. The number of rotatable bonds is 3. The molecule has 5 rings (SSSR count). The minimum atomic E-state index is 0.0330. The highest BCUT2D eigenvalue weighted by Gasteiger charge is 2.46. The molecule has 5 nitrogen and oxygen atoms in total. The summed E-state index contributed by atoms with van der Waals surface area (Å²) in [7, 11) is 0. The highest BCUT2D eigenvalue weighted by atomic mass is 16.2. The van der Waals surface area contributed by atoms with Crippen molar-refractivity contribution in [2.45, 2.75) is 64.0 Å². The van der Waals surface area contributed by atoms with Crippen molar-refractivity contribution in [2.24, 2.45) is 5.92 Å². The van der Waals surface area contributed by atoms with Gasteiger partial charge in [-0.1, -0.05) is 13.0 Å². The van der Waals surface area contributed by atoms with Gasteiger partial charge in [-0.25, -0.2) is 14.8 Å². The van der Waals surface area contributed by atoms with E-state index in [-0.39, 0.29) is 6.03 Å². The molecule has 2 aliphatic heterocycles. The summed E-state index contributed by atoms with van der Waals surface area (Å²) in [5.74, 6) is 2.09. The molecule has 3 fully saturated rings. The van der Waals surface area contributed by atoms with E-state index in [4.69, 9.17) is 4.98 Å². The summed E-state index contributed by atoms with van der Waals surface area (Å²) in [6, 6.07) is 8.91. The molecule has 27 heavy (non-hydrogen) atoms. The van der Waals surface area contributed by atoms with Crippen LogP contribution in [0, 0.1) is 12.8 Å². The van der Waals surface area contributed by atoms with Crippen LogP contribution in [0.15, 0.2) is 30.5 Å². The SMILES string of the molecule is Cc1ccc(NC(=O)N2C3CC(C)CC2C3)cc1-c1nccc(C2CC2)n1. The molecule has 2 bridgehead atoms. The van der Waals surface area contributed by atoms with Crippen LogP contribution < -0.4 is 5.32 Å². The van der Waals surface area contributed by atoms with Crippen molar-refractivity contribution in [3.8, 4) is 11.4 Å². The largest absolute Gasteiger partial charge is 0.322 e. The first-order valence-electron chi connectivity index (χ1n) is 10.1. The van der Waals surface area contributed by atoms with E-state index >= 15 is 0 Å². The van der Waals surface area contributed by atoms with Crippen LogP contribution in [0.25, 0.3) is 11.4 Å². The Labute approximate surface area is 160 Å². The molecule has 2 amide bonds. The van der Waals surface area contributed by atoms with Gasteiger partial charge in [-0.05, 0) is 68.7 Å². The van der Waals surface area contributed by atoms with Crippen LogP contribution in [0.5, 0.6) is 0 Å². The summed E-state index contributed by atoms with van der Waals surface area (Å²) in [6.07, 6.45) is 7.72. The van der Waals surface area contributed by atoms with E-state index in [2.05, 4.69) is 24.1 Å². The second kappa shape index (κ2) is 6.32. The number of anilines is 1. The Hall–Kier alpha value is -2.43. The number of hydrogen-bond donors (Lipinski definition) is 1. The number of aromatic nitrogens is 2. The molecule has 3 heterocycles. The van der Waals surface area contributed by atoms with Gasteiger partial charge < -0.3 is 10.2 Å². The second-order valence-corrected chi connectivity index (χ2v) is 8.57. The number of benzene rings is 1. The number of carbonyl (C=O) groups is 1. The topological polar surface area (TPSA) is 58.1 Å². The summed E-state index contributed by atoms with van der Waals surface area (Å²) >= 11 is 0. The van der Waals surface area contributed by atoms with E-state index in [0.29, 0.717) is 18.0 Å². The van der Waals surface area contributed by atoms with Crippen LogP contribution in [0.1, 0.15) is 56.2 Å². The number of amides is 2. The number of nitrogens with zero attached hydrogens (tertiary/aromatic N) is 3. The van der Waals surface area contributed by atoms with Crippen LogP contribution in [0.2, 0.25) is 0 Å². The van der Waals surface area contributed by atoms with Crippen LogP contribution in [-0.2, 0) is 0 Å². The van der Waals surface area contributed by atoms with Crippen molar-refractivity contribution in [2.75, 3.05) is 5.32 Å². The minimum Gasteiger partial charge on any atom is -0.318 e. The predicted octanol–water partition coefficient (Wildman–Crippen LogP) is 4.73. The first-order valence-corrected chi connectivity index (χ1v) is 10.1. The maximum Gasteiger partial charge on any atom is 0.322 e. The maximum absolute atomic E-state index is 12.8. The Bertz CT molecular complexity index is 880. The standard InChI is InChI=1S/C22H26N4O/c1-13-9-17-12-18(10-13)26(17)22(27)24-16-6-3-14(2)19(11-16)21-23-8-7-20(25-21)15-4-5-15/h3,6-8,11,13,15,17-18H,4-5,9-10,12H2,1-2H3,(H,24,27). The van der Waals surface area contributed by atoms with Crippen LogP contribution in [-0.4, -0.2) is 33.0 Å². The monoisotopic (exact) mass is 362 g/mol. The van der Waals surface area contributed by atoms with Gasteiger partial charge in [0.25, 0.3) is 0 Å². The molecule has 2 unspecified atom stereocenters. The van der Waals surface area contributed by atoms with Gasteiger partial charge in [-0.3, -0.25) is 0 Å². The highest BCUT2D eigenvalue weighted by Crippen LogP contribution is 2.41. The fraction of sp³-hybridized carbons (Fsp3) is 0.500. The van der Waals surface area contributed by atoms with Gasteiger partial charge in [0.1, 0.15) is 0 Å². The maximum atomic E-state index is 12.8. The highest BCUT2D eigenvalue weighted by molar-refractivity contribution is 5.91. The number of fused-ring (bicyclic) bond motifs is 2. The van der Waals surface area contributed by atoms with Crippen LogP contribution >= 0.6 is 0 Å². The number of hydrogen-bond acceptors (Lipinski definition) is 3. The molecule has 2 atom stereocenters. The number of urea groups is 1. The molecule has 2 saturated heterocycles. The zero-order chi connectivity index (χ0) is 18.5. The summed E-state index contributed by atoms with van der Waals surface area (Å²) in [5.41, 5.74) is 4.07. The van der Waals surface area contributed by atoms with Crippen molar-refractivity contribution < 1.29 is 4.79 Å². The Morgan fingerprint density at radius 1 is 1.15 bits per heavy atom. The van der Waals surface area contributed by atoms with E-state index in [9.17, 15) is 4.79 Å². The predicted molar refractivity (Wildman–Crippen MR) is 106 cm³/mol. The molecular formula is C22H26N4O. The molecule has 3 aliphatic rings.